The molecule has 1 atom stereocenters. The highest BCUT2D eigenvalue weighted by molar-refractivity contribution is 5.81. The Bertz CT molecular complexity index is 315. The lowest BCUT2D eigenvalue weighted by atomic mass is 10.1. The van der Waals surface area contributed by atoms with Gasteiger partial charge in [0.15, 0.2) is 0 Å². The number of amides is 1. The van der Waals surface area contributed by atoms with Crippen LogP contribution in [0.4, 0.5) is 0 Å². The largest absolute Gasteiger partial charge is 0.459 e. The van der Waals surface area contributed by atoms with E-state index in [-0.39, 0.29) is 24.5 Å². The second-order valence-electron chi connectivity index (χ2n) is 6.07. The van der Waals surface area contributed by atoms with Gasteiger partial charge in [0.25, 0.3) is 0 Å². The summed E-state index contributed by atoms with van der Waals surface area (Å²) >= 11 is 0. The maximum absolute atomic E-state index is 11.9. The summed E-state index contributed by atoms with van der Waals surface area (Å²) in [6.45, 7) is 8.94. The highest BCUT2D eigenvalue weighted by Gasteiger charge is 2.26. The molecular formula is C14H26N2O3. The van der Waals surface area contributed by atoms with Gasteiger partial charge in [0.1, 0.15) is 12.1 Å². The van der Waals surface area contributed by atoms with E-state index in [2.05, 4.69) is 5.32 Å². The molecule has 0 aliphatic carbocycles. The van der Waals surface area contributed by atoms with E-state index in [0.29, 0.717) is 0 Å². The van der Waals surface area contributed by atoms with Crippen LogP contribution in [0.25, 0.3) is 0 Å². The van der Waals surface area contributed by atoms with Gasteiger partial charge in [-0.3, -0.25) is 9.59 Å². The zero-order valence-corrected chi connectivity index (χ0v) is 12.5. The Hall–Kier alpha value is -1.10. The molecule has 1 unspecified atom stereocenters. The van der Waals surface area contributed by atoms with Crippen molar-refractivity contribution in [1.29, 1.82) is 0 Å². The third kappa shape index (κ3) is 6.05. The summed E-state index contributed by atoms with van der Waals surface area (Å²) in [4.78, 5) is 25.3. The highest BCUT2D eigenvalue weighted by atomic mass is 16.6. The molecule has 19 heavy (non-hydrogen) atoms. The Morgan fingerprint density at radius 2 is 1.95 bits per heavy atom. The predicted molar refractivity (Wildman–Crippen MR) is 73.7 cm³/mol. The van der Waals surface area contributed by atoms with Gasteiger partial charge >= 0.3 is 5.97 Å². The third-order valence-corrected chi connectivity index (χ3v) is 3.11. The van der Waals surface area contributed by atoms with E-state index in [1.165, 1.54) is 6.92 Å². The van der Waals surface area contributed by atoms with Gasteiger partial charge in [-0.15, -0.1) is 0 Å². The zero-order valence-electron chi connectivity index (χ0n) is 12.5. The number of hydrogen-bond donors (Lipinski definition) is 1. The van der Waals surface area contributed by atoms with Crippen LogP contribution in [-0.4, -0.2) is 48.1 Å². The standard InChI is InChI=1S/C14H26N2O3/c1-11(17)16(10-13(18)19-14(2,3)4)12-6-5-8-15-9-7-12/h12,15H,5-10H2,1-4H3. The maximum Gasteiger partial charge on any atom is 0.326 e. The fraction of sp³-hybridized carbons (Fsp3) is 0.857. The summed E-state index contributed by atoms with van der Waals surface area (Å²) in [6, 6.07) is 0.139. The van der Waals surface area contributed by atoms with Gasteiger partial charge in [-0.2, -0.15) is 0 Å². The summed E-state index contributed by atoms with van der Waals surface area (Å²) < 4.78 is 5.29. The molecule has 0 spiro atoms. The molecule has 0 aromatic rings. The molecule has 1 rings (SSSR count). The topological polar surface area (TPSA) is 58.6 Å². The average Bonchev–Trinajstić information content (AvgIpc) is 2.51. The van der Waals surface area contributed by atoms with Crippen molar-refractivity contribution in [3.8, 4) is 0 Å². The lowest BCUT2D eigenvalue weighted by Gasteiger charge is -2.30. The van der Waals surface area contributed by atoms with Crippen molar-refractivity contribution in [1.82, 2.24) is 10.2 Å². The predicted octanol–water partition coefficient (Wildman–Crippen LogP) is 1.32. The lowest BCUT2D eigenvalue weighted by Crippen LogP contribution is -2.44. The summed E-state index contributed by atoms with van der Waals surface area (Å²) in [5.41, 5.74) is -0.509. The number of nitrogens with one attached hydrogen (secondary N) is 1. The van der Waals surface area contributed by atoms with Crippen LogP contribution in [0, 0.1) is 0 Å². The smallest absolute Gasteiger partial charge is 0.326 e. The van der Waals surface area contributed by atoms with Gasteiger partial charge in [-0.25, -0.2) is 0 Å². The van der Waals surface area contributed by atoms with Crippen LogP contribution in [-0.2, 0) is 14.3 Å². The molecule has 0 aromatic heterocycles. The number of carbonyl (C=O) groups excluding carboxylic acids is 2. The van der Waals surface area contributed by atoms with E-state index >= 15 is 0 Å². The number of carbonyl (C=O) groups is 2. The van der Waals surface area contributed by atoms with E-state index in [4.69, 9.17) is 4.74 Å². The van der Waals surface area contributed by atoms with Crippen molar-refractivity contribution in [3.63, 3.8) is 0 Å². The first-order valence-corrected chi connectivity index (χ1v) is 6.99. The van der Waals surface area contributed by atoms with Crippen LogP contribution in [0.1, 0.15) is 47.0 Å². The van der Waals surface area contributed by atoms with E-state index in [1.807, 2.05) is 20.8 Å². The van der Waals surface area contributed by atoms with Gasteiger partial charge in [0.05, 0.1) is 0 Å². The average molecular weight is 270 g/mol. The van der Waals surface area contributed by atoms with E-state index in [9.17, 15) is 9.59 Å². The number of rotatable bonds is 3. The van der Waals surface area contributed by atoms with Crippen LogP contribution in [0.15, 0.2) is 0 Å². The summed E-state index contributed by atoms with van der Waals surface area (Å²) in [6.07, 6.45) is 2.86. The van der Waals surface area contributed by atoms with E-state index in [0.717, 1.165) is 32.4 Å². The Morgan fingerprint density at radius 3 is 2.53 bits per heavy atom. The molecule has 0 saturated carbocycles. The van der Waals surface area contributed by atoms with Gasteiger partial charge in [0.2, 0.25) is 5.91 Å². The minimum absolute atomic E-state index is 0.0528. The molecule has 1 aliphatic rings. The Labute approximate surface area is 115 Å². The van der Waals surface area contributed by atoms with Gasteiger partial charge in [0, 0.05) is 13.0 Å². The molecule has 1 aliphatic heterocycles. The van der Waals surface area contributed by atoms with E-state index in [1.54, 1.807) is 4.90 Å². The third-order valence-electron chi connectivity index (χ3n) is 3.11. The molecule has 1 heterocycles. The van der Waals surface area contributed by atoms with Gasteiger partial charge < -0.3 is 15.0 Å². The number of ether oxygens (including phenoxy) is 1. The van der Waals surface area contributed by atoms with Crippen LogP contribution in [0.3, 0.4) is 0 Å². The quantitative estimate of drug-likeness (QED) is 0.786. The van der Waals surface area contributed by atoms with Crippen molar-refractivity contribution in [2.24, 2.45) is 0 Å². The molecule has 1 N–H and O–H groups in total. The van der Waals surface area contributed by atoms with Crippen LogP contribution in [0.5, 0.6) is 0 Å². The molecule has 1 fully saturated rings. The minimum Gasteiger partial charge on any atom is -0.459 e. The Kier molecular flexibility index (Phi) is 5.79. The normalized spacial score (nSPS) is 20.5. The molecule has 0 bridgehead atoms. The first-order chi connectivity index (χ1) is 8.79. The van der Waals surface area contributed by atoms with Crippen molar-refractivity contribution >= 4 is 11.9 Å². The van der Waals surface area contributed by atoms with Crippen LogP contribution in [0.2, 0.25) is 0 Å². The second-order valence-corrected chi connectivity index (χ2v) is 6.07. The van der Waals surface area contributed by atoms with Crippen molar-refractivity contribution in [2.75, 3.05) is 19.6 Å². The second kappa shape index (κ2) is 6.89. The highest BCUT2D eigenvalue weighted by Crippen LogP contribution is 2.15. The molecule has 5 heteroatoms. The maximum atomic E-state index is 11.9. The summed E-state index contributed by atoms with van der Waals surface area (Å²) in [5, 5.41) is 3.31. The molecular weight excluding hydrogens is 244 g/mol. The Balaban J connectivity index is 2.61. The number of nitrogens with zero attached hydrogens (tertiary/aromatic N) is 1. The van der Waals surface area contributed by atoms with E-state index < -0.39 is 5.60 Å². The monoisotopic (exact) mass is 270 g/mol. The van der Waals surface area contributed by atoms with Crippen molar-refractivity contribution in [2.45, 2.75) is 58.6 Å². The molecule has 5 nitrogen and oxygen atoms in total. The number of esters is 1. The lowest BCUT2D eigenvalue weighted by molar-refractivity contribution is -0.159. The molecule has 1 amide bonds. The summed E-state index contributed by atoms with van der Waals surface area (Å²) in [7, 11) is 0. The minimum atomic E-state index is -0.509. The molecule has 1 saturated heterocycles. The molecule has 0 radical (unpaired) electrons. The van der Waals surface area contributed by atoms with Crippen LogP contribution < -0.4 is 5.32 Å². The first kappa shape index (κ1) is 16.0. The molecule has 110 valence electrons. The number of hydrogen-bond acceptors (Lipinski definition) is 4. The zero-order chi connectivity index (χ0) is 14.5. The first-order valence-electron chi connectivity index (χ1n) is 6.99. The fourth-order valence-corrected chi connectivity index (χ4v) is 2.32. The SMILES string of the molecule is CC(=O)N(CC(=O)OC(C)(C)C)C1CCCNCC1. The van der Waals surface area contributed by atoms with Crippen molar-refractivity contribution < 1.29 is 14.3 Å². The Morgan fingerprint density at radius 1 is 1.26 bits per heavy atom. The van der Waals surface area contributed by atoms with Crippen molar-refractivity contribution in [3.05, 3.63) is 0 Å². The van der Waals surface area contributed by atoms with Crippen LogP contribution >= 0.6 is 0 Å². The van der Waals surface area contributed by atoms with Gasteiger partial charge in [-0.1, -0.05) is 0 Å². The molecule has 0 aromatic carbocycles. The summed E-state index contributed by atoms with van der Waals surface area (Å²) in [5.74, 6) is -0.391. The fourth-order valence-electron chi connectivity index (χ4n) is 2.32. The van der Waals surface area contributed by atoms with Gasteiger partial charge in [-0.05, 0) is 53.1 Å².